The molecule has 0 spiro atoms. The molecule has 0 aromatic rings. The van der Waals surface area contributed by atoms with Crippen molar-refractivity contribution in [2.24, 2.45) is 5.41 Å². The molecule has 0 saturated carbocycles. The summed E-state index contributed by atoms with van der Waals surface area (Å²) in [5.41, 5.74) is 7.40. The number of rotatable bonds is 4. The van der Waals surface area contributed by atoms with Crippen LogP contribution < -0.4 is 0 Å². The first-order valence-electron chi connectivity index (χ1n) is 8.34. The molecule has 0 atom stereocenters. The number of carbonyl (C=O) groups excluding carboxylic acids is 1. The van der Waals surface area contributed by atoms with Crippen LogP contribution in [-0.4, -0.2) is 6.29 Å². The summed E-state index contributed by atoms with van der Waals surface area (Å²) in [5, 5.41) is 0. The fourth-order valence-electron chi connectivity index (χ4n) is 3.51. The Morgan fingerprint density at radius 1 is 1.14 bits per heavy atom. The second-order valence-corrected chi connectivity index (χ2v) is 7.18. The molecule has 0 saturated heterocycles. The second kappa shape index (κ2) is 7.09. The Kier molecular flexibility index (Phi) is 5.39. The maximum atomic E-state index is 10.4. The average molecular weight is 296 g/mol. The summed E-state index contributed by atoms with van der Waals surface area (Å²) in [7, 11) is 0. The molecule has 2 aliphatic rings. The number of hydrogen-bond donors (Lipinski definition) is 0. The molecule has 1 nitrogen and oxygen atoms in total. The summed E-state index contributed by atoms with van der Waals surface area (Å²) < 4.78 is 0. The Morgan fingerprint density at radius 3 is 2.64 bits per heavy atom. The lowest BCUT2D eigenvalue weighted by Crippen LogP contribution is -2.22. The third-order valence-electron chi connectivity index (χ3n) is 4.95. The molecule has 0 fully saturated rings. The Labute approximate surface area is 135 Å². The monoisotopic (exact) mass is 296 g/mol. The van der Waals surface area contributed by atoms with Crippen LogP contribution in [0.25, 0.3) is 0 Å². The highest BCUT2D eigenvalue weighted by Crippen LogP contribution is 2.46. The minimum atomic E-state index is 0.332. The lowest BCUT2D eigenvalue weighted by atomic mass is 9.68. The van der Waals surface area contributed by atoms with E-state index in [1.54, 1.807) is 17.2 Å². The molecule has 0 aromatic heterocycles. The highest BCUT2D eigenvalue weighted by Gasteiger charge is 2.30. The predicted molar refractivity (Wildman–Crippen MR) is 94.7 cm³/mol. The number of allylic oxidation sites excluding steroid dienone is 10. The smallest absolute Gasteiger partial charge is 0.143 e. The summed E-state index contributed by atoms with van der Waals surface area (Å²) in [6, 6.07) is 0. The lowest BCUT2D eigenvalue weighted by molar-refractivity contribution is -0.104. The van der Waals surface area contributed by atoms with Gasteiger partial charge >= 0.3 is 0 Å². The topological polar surface area (TPSA) is 17.1 Å². The lowest BCUT2D eigenvalue weighted by Gasteiger charge is -2.37. The van der Waals surface area contributed by atoms with E-state index in [4.69, 9.17) is 0 Å². The Morgan fingerprint density at radius 2 is 1.91 bits per heavy atom. The van der Waals surface area contributed by atoms with E-state index in [9.17, 15) is 4.79 Å². The van der Waals surface area contributed by atoms with Gasteiger partial charge in [-0.1, -0.05) is 43.7 Å². The van der Waals surface area contributed by atoms with E-state index in [0.29, 0.717) is 5.41 Å². The van der Waals surface area contributed by atoms with Crippen molar-refractivity contribution in [3.8, 4) is 0 Å². The molecule has 0 N–H and O–H groups in total. The second-order valence-electron chi connectivity index (χ2n) is 7.18. The van der Waals surface area contributed by atoms with Gasteiger partial charge in [0.1, 0.15) is 6.29 Å². The van der Waals surface area contributed by atoms with Crippen LogP contribution in [0.4, 0.5) is 0 Å². The predicted octanol–water partition coefficient (Wildman–Crippen LogP) is 5.86. The van der Waals surface area contributed by atoms with Gasteiger partial charge in [0.15, 0.2) is 0 Å². The maximum absolute atomic E-state index is 10.4. The third kappa shape index (κ3) is 3.97. The van der Waals surface area contributed by atoms with Crippen molar-refractivity contribution in [2.45, 2.75) is 59.8 Å². The fourth-order valence-corrected chi connectivity index (χ4v) is 3.51. The largest absolute Gasteiger partial charge is 0.299 e. The van der Waals surface area contributed by atoms with Crippen molar-refractivity contribution in [3.63, 3.8) is 0 Å². The zero-order chi connectivity index (χ0) is 16.2. The SMILES string of the molecule is CC(/C=C/C=C(\C)C1=CC2=C(CCCC2(C)C)CC1)=C\C=O. The maximum Gasteiger partial charge on any atom is 0.143 e. The molecular formula is C21H28O. The summed E-state index contributed by atoms with van der Waals surface area (Å²) in [5.74, 6) is 0. The minimum absolute atomic E-state index is 0.332. The van der Waals surface area contributed by atoms with E-state index >= 15 is 0 Å². The summed E-state index contributed by atoms with van der Waals surface area (Å²) in [6.45, 7) is 8.90. The fraction of sp³-hybridized carbons (Fsp3) is 0.476. The van der Waals surface area contributed by atoms with E-state index in [1.165, 1.54) is 36.8 Å². The van der Waals surface area contributed by atoms with Gasteiger partial charge in [-0.3, -0.25) is 4.79 Å². The van der Waals surface area contributed by atoms with Gasteiger partial charge in [-0.05, 0) is 79.7 Å². The minimum Gasteiger partial charge on any atom is -0.299 e. The first-order valence-corrected chi connectivity index (χ1v) is 8.34. The van der Waals surface area contributed by atoms with E-state index in [2.05, 4.69) is 32.9 Å². The number of aldehydes is 1. The van der Waals surface area contributed by atoms with Crippen molar-refractivity contribution >= 4 is 6.29 Å². The Hall–Kier alpha value is -1.63. The molecule has 0 aliphatic heterocycles. The molecule has 0 radical (unpaired) electrons. The van der Waals surface area contributed by atoms with E-state index in [0.717, 1.165) is 18.3 Å². The molecule has 0 heterocycles. The summed E-state index contributed by atoms with van der Waals surface area (Å²) >= 11 is 0. The van der Waals surface area contributed by atoms with E-state index in [-0.39, 0.29) is 0 Å². The first-order chi connectivity index (χ1) is 10.4. The zero-order valence-electron chi connectivity index (χ0n) is 14.4. The normalized spacial score (nSPS) is 22.6. The summed E-state index contributed by atoms with van der Waals surface area (Å²) in [6.07, 6.45) is 17.4. The molecule has 2 aliphatic carbocycles. The van der Waals surface area contributed by atoms with Gasteiger partial charge in [0.2, 0.25) is 0 Å². The van der Waals surface area contributed by atoms with Crippen LogP contribution in [0.15, 0.2) is 58.2 Å². The van der Waals surface area contributed by atoms with Gasteiger partial charge < -0.3 is 0 Å². The molecule has 0 bridgehead atoms. The number of carbonyl (C=O) groups is 1. The Balaban J connectivity index is 2.19. The summed E-state index contributed by atoms with van der Waals surface area (Å²) in [4.78, 5) is 10.4. The van der Waals surface area contributed by atoms with Gasteiger partial charge in [0.05, 0.1) is 0 Å². The van der Waals surface area contributed by atoms with Gasteiger partial charge in [-0.2, -0.15) is 0 Å². The van der Waals surface area contributed by atoms with Crippen molar-refractivity contribution in [2.75, 3.05) is 0 Å². The molecule has 118 valence electrons. The van der Waals surface area contributed by atoms with Crippen LogP contribution in [0.5, 0.6) is 0 Å². The zero-order valence-corrected chi connectivity index (χ0v) is 14.4. The molecule has 0 aromatic carbocycles. The molecule has 0 amide bonds. The van der Waals surface area contributed by atoms with Crippen molar-refractivity contribution in [1.29, 1.82) is 0 Å². The Bertz CT molecular complexity index is 591. The molecular weight excluding hydrogens is 268 g/mol. The number of hydrogen-bond acceptors (Lipinski definition) is 1. The molecule has 2 rings (SSSR count). The first kappa shape index (κ1) is 16.7. The average Bonchev–Trinajstić information content (AvgIpc) is 2.47. The van der Waals surface area contributed by atoms with E-state index < -0.39 is 0 Å². The van der Waals surface area contributed by atoms with Crippen molar-refractivity contribution in [1.82, 2.24) is 0 Å². The quantitative estimate of drug-likeness (QED) is 0.361. The highest BCUT2D eigenvalue weighted by molar-refractivity contribution is 5.67. The van der Waals surface area contributed by atoms with Crippen LogP contribution >= 0.6 is 0 Å². The third-order valence-corrected chi connectivity index (χ3v) is 4.95. The van der Waals surface area contributed by atoms with Crippen LogP contribution in [0.3, 0.4) is 0 Å². The molecule has 1 heteroatoms. The molecule has 22 heavy (non-hydrogen) atoms. The van der Waals surface area contributed by atoms with E-state index in [1.807, 2.05) is 19.1 Å². The van der Waals surface area contributed by atoms with Gasteiger partial charge in [-0.15, -0.1) is 0 Å². The van der Waals surface area contributed by atoms with Crippen LogP contribution in [-0.2, 0) is 4.79 Å². The van der Waals surface area contributed by atoms with Crippen molar-refractivity contribution in [3.05, 3.63) is 58.2 Å². The van der Waals surface area contributed by atoms with Crippen LogP contribution in [0, 0.1) is 5.41 Å². The molecule has 0 unspecified atom stereocenters. The van der Waals surface area contributed by atoms with Gasteiger partial charge in [0, 0.05) is 0 Å². The van der Waals surface area contributed by atoms with Crippen molar-refractivity contribution < 1.29 is 4.79 Å². The van der Waals surface area contributed by atoms with Gasteiger partial charge in [-0.25, -0.2) is 0 Å². The van der Waals surface area contributed by atoms with Crippen LogP contribution in [0.1, 0.15) is 59.8 Å². The highest BCUT2D eigenvalue weighted by atomic mass is 16.1. The van der Waals surface area contributed by atoms with Crippen LogP contribution in [0.2, 0.25) is 0 Å². The van der Waals surface area contributed by atoms with Gasteiger partial charge in [0.25, 0.3) is 0 Å². The standard InChI is InChI=1S/C21H28O/c1-16(12-14-22)7-5-8-17(2)19-11-10-18-9-6-13-21(3,4)20(18)15-19/h5,7-8,12,14-15H,6,9-11,13H2,1-4H3/b7-5+,16-12+,17-8+.